The van der Waals surface area contributed by atoms with Crippen LogP contribution < -0.4 is 0 Å². The lowest BCUT2D eigenvalue weighted by Crippen LogP contribution is -2.60. The van der Waals surface area contributed by atoms with Crippen molar-refractivity contribution in [2.45, 2.75) is 155 Å². The molecule has 40 heavy (non-hydrogen) atoms. The van der Waals surface area contributed by atoms with E-state index in [-0.39, 0.29) is 6.10 Å². The van der Waals surface area contributed by atoms with E-state index in [0.29, 0.717) is 64.3 Å². The molecule has 1 saturated heterocycles. The van der Waals surface area contributed by atoms with Crippen LogP contribution in [0.1, 0.15) is 136 Å². The van der Waals surface area contributed by atoms with Crippen LogP contribution in [0.2, 0.25) is 0 Å². The molecule has 0 radical (unpaired) electrons. The molecule has 5 aliphatic carbocycles. The molecule has 0 aromatic carbocycles. The van der Waals surface area contributed by atoms with Gasteiger partial charge in [0.25, 0.3) is 0 Å². The minimum Gasteiger partial charge on any atom is -0.393 e. The largest absolute Gasteiger partial charge is 0.393 e. The maximum atomic E-state index is 13.9. The summed E-state index contributed by atoms with van der Waals surface area (Å²) in [5.74, 6) is 4.31. The molecule has 0 spiro atoms. The molecule has 1 amide bonds. The molecule has 4 heteroatoms. The van der Waals surface area contributed by atoms with Gasteiger partial charge in [0.05, 0.1) is 6.10 Å². The Bertz CT molecular complexity index is 862. The Morgan fingerprint density at radius 2 is 1.50 bits per heavy atom. The molecule has 4 nitrogen and oxygen atoms in total. The van der Waals surface area contributed by atoms with Gasteiger partial charge in [0.2, 0.25) is 5.91 Å². The second-order valence-corrected chi connectivity index (χ2v) is 16.4. The fourth-order valence-electron chi connectivity index (χ4n) is 12.2. The maximum Gasteiger partial charge on any atom is 0.223 e. The number of aliphatic hydroxyl groups is 1. The van der Waals surface area contributed by atoms with E-state index in [9.17, 15) is 9.90 Å². The van der Waals surface area contributed by atoms with Crippen LogP contribution in [-0.4, -0.2) is 59.1 Å². The zero-order valence-corrected chi connectivity index (χ0v) is 26.6. The summed E-state index contributed by atoms with van der Waals surface area (Å²) < 4.78 is 0. The van der Waals surface area contributed by atoms with Crippen molar-refractivity contribution in [2.75, 3.05) is 20.1 Å². The number of carbonyl (C=O) groups is 1. The number of fused-ring (bicyclic) bond motifs is 5. The first kappa shape index (κ1) is 29.5. The van der Waals surface area contributed by atoms with Gasteiger partial charge in [-0.1, -0.05) is 59.3 Å². The minimum absolute atomic E-state index is 0.116. The maximum absolute atomic E-state index is 13.9. The van der Waals surface area contributed by atoms with Crippen LogP contribution in [0.4, 0.5) is 0 Å². The standard InChI is InChI=1S/C36H62N2O2/c1-25(15-18-33(40)38(27-11-7-5-8-12-27)28-13-9-6-10-14-28)29-16-17-30-34-31(19-20-36(29,30)3)35(2)21-22-37(4)24-26(35)23-32(34)39/h25-32,34,39H,5-24H2,1-4H3/t25-,26-,29-,30+,31+,32+,34+,35+,36-/m1/s1. The van der Waals surface area contributed by atoms with Crippen molar-refractivity contribution in [1.82, 2.24) is 9.80 Å². The van der Waals surface area contributed by atoms with Gasteiger partial charge in [-0.2, -0.15) is 0 Å². The highest BCUT2D eigenvalue weighted by atomic mass is 16.3. The quantitative estimate of drug-likeness (QED) is 0.366. The number of hydrogen-bond donors (Lipinski definition) is 1. The Morgan fingerprint density at radius 1 is 0.875 bits per heavy atom. The van der Waals surface area contributed by atoms with E-state index in [0.717, 1.165) is 19.3 Å². The first-order valence-corrected chi connectivity index (χ1v) is 17.9. The van der Waals surface area contributed by atoms with Gasteiger partial charge in [0.1, 0.15) is 0 Å². The molecule has 6 aliphatic rings. The molecule has 6 fully saturated rings. The highest BCUT2D eigenvalue weighted by Crippen LogP contribution is 2.67. The molecule has 9 atom stereocenters. The van der Waals surface area contributed by atoms with E-state index in [1.54, 1.807) is 0 Å². The zero-order valence-electron chi connectivity index (χ0n) is 26.6. The lowest BCUT2D eigenvalue weighted by molar-refractivity contribution is -0.170. The van der Waals surface area contributed by atoms with Crippen LogP contribution in [0.15, 0.2) is 0 Å². The van der Waals surface area contributed by atoms with Crippen LogP contribution in [0, 0.1) is 46.3 Å². The summed E-state index contributed by atoms with van der Waals surface area (Å²) in [5, 5.41) is 11.6. The molecule has 5 saturated carbocycles. The lowest BCUT2D eigenvalue weighted by Gasteiger charge is -2.62. The Hall–Kier alpha value is -0.610. The minimum atomic E-state index is -0.116. The molecule has 6 rings (SSSR count). The second-order valence-electron chi connectivity index (χ2n) is 16.4. The third-order valence-electron chi connectivity index (χ3n) is 14.4. The van der Waals surface area contributed by atoms with E-state index >= 15 is 0 Å². The average molecular weight is 555 g/mol. The van der Waals surface area contributed by atoms with Crippen molar-refractivity contribution in [3.63, 3.8) is 0 Å². The predicted molar refractivity (Wildman–Crippen MR) is 164 cm³/mol. The summed E-state index contributed by atoms with van der Waals surface area (Å²) in [6, 6.07) is 1.03. The number of nitrogens with zero attached hydrogens (tertiary/aromatic N) is 2. The van der Waals surface area contributed by atoms with E-state index in [1.165, 1.54) is 109 Å². The summed E-state index contributed by atoms with van der Waals surface area (Å²) in [6.45, 7) is 10.1. The van der Waals surface area contributed by atoms with Crippen molar-refractivity contribution < 1.29 is 9.90 Å². The number of rotatable bonds is 6. The van der Waals surface area contributed by atoms with Gasteiger partial charge in [-0.25, -0.2) is 0 Å². The van der Waals surface area contributed by atoms with Gasteiger partial charge in [0.15, 0.2) is 0 Å². The van der Waals surface area contributed by atoms with Gasteiger partial charge in [-0.3, -0.25) is 4.79 Å². The third-order valence-corrected chi connectivity index (χ3v) is 14.4. The Balaban J connectivity index is 1.12. The molecule has 1 aliphatic heterocycles. The van der Waals surface area contributed by atoms with Gasteiger partial charge in [0, 0.05) is 25.0 Å². The van der Waals surface area contributed by atoms with Crippen LogP contribution in [-0.2, 0) is 4.79 Å². The molecular weight excluding hydrogens is 492 g/mol. The van der Waals surface area contributed by atoms with Gasteiger partial charge >= 0.3 is 0 Å². The first-order chi connectivity index (χ1) is 19.2. The summed E-state index contributed by atoms with van der Waals surface area (Å²) in [5.41, 5.74) is 0.751. The van der Waals surface area contributed by atoms with E-state index in [1.807, 2.05) is 0 Å². The van der Waals surface area contributed by atoms with Crippen LogP contribution in [0.5, 0.6) is 0 Å². The number of hydrogen-bond acceptors (Lipinski definition) is 3. The van der Waals surface area contributed by atoms with Crippen molar-refractivity contribution in [1.29, 1.82) is 0 Å². The fourth-order valence-corrected chi connectivity index (χ4v) is 12.2. The van der Waals surface area contributed by atoms with Gasteiger partial charge in [-0.05, 0) is 131 Å². The molecule has 1 N–H and O–H groups in total. The number of aliphatic hydroxyl groups excluding tert-OH is 1. The monoisotopic (exact) mass is 554 g/mol. The number of piperidine rings is 1. The van der Waals surface area contributed by atoms with E-state index in [2.05, 4.69) is 37.6 Å². The van der Waals surface area contributed by atoms with Gasteiger partial charge < -0.3 is 14.9 Å². The molecule has 0 bridgehead atoms. The zero-order chi connectivity index (χ0) is 28.1. The predicted octanol–water partition coefficient (Wildman–Crippen LogP) is 7.68. The molecule has 0 aromatic heterocycles. The van der Waals surface area contributed by atoms with Crippen molar-refractivity contribution in [2.24, 2.45) is 46.3 Å². The average Bonchev–Trinajstić information content (AvgIpc) is 3.31. The van der Waals surface area contributed by atoms with Crippen LogP contribution in [0.3, 0.4) is 0 Å². The van der Waals surface area contributed by atoms with Crippen molar-refractivity contribution in [3.05, 3.63) is 0 Å². The van der Waals surface area contributed by atoms with Crippen molar-refractivity contribution >= 4 is 5.91 Å². The smallest absolute Gasteiger partial charge is 0.223 e. The molecule has 0 unspecified atom stereocenters. The molecule has 228 valence electrons. The van der Waals surface area contributed by atoms with E-state index in [4.69, 9.17) is 0 Å². The van der Waals surface area contributed by atoms with Gasteiger partial charge in [-0.15, -0.1) is 0 Å². The molecule has 1 heterocycles. The summed E-state index contributed by atoms with van der Waals surface area (Å²) in [7, 11) is 2.27. The third kappa shape index (κ3) is 5.22. The highest BCUT2D eigenvalue weighted by Gasteiger charge is 2.62. The van der Waals surface area contributed by atoms with E-state index < -0.39 is 0 Å². The number of carbonyl (C=O) groups excluding carboxylic acids is 1. The number of amides is 1. The molecule has 0 aromatic rings. The SMILES string of the molecule is C[C@H](CCC(=O)N(C1CCCCC1)C1CCCCC1)[C@H]1CC[C@H]2[C@@H]3[C@@H](O)C[C@@H]4CN(C)CC[C@]4(C)[C@H]3CC[C@]12C. The van der Waals surface area contributed by atoms with Crippen LogP contribution in [0.25, 0.3) is 0 Å². The summed E-state index contributed by atoms with van der Waals surface area (Å²) in [6.07, 6.45) is 22.2. The summed E-state index contributed by atoms with van der Waals surface area (Å²) >= 11 is 0. The fraction of sp³-hybridized carbons (Fsp3) is 0.972. The number of likely N-dealkylation sites (tertiary alicyclic amines) is 1. The lowest BCUT2D eigenvalue weighted by atomic mass is 9.44. The Kier molecular flexibility index (Phi) is 8.70. The normalized spacial score (nSPS) is 43.9. The first-order valence-electron chi connectivity index (χ1n) is 17.9. The summed E-state index contributed by atoms with van der Waals surface area (Å²) in [4.78, 5) is 18.9. The van der Waals surface area contributed by atoms with Crippen molar-refractivity contribution in [3.8, 4) is 0 Å². The Morgan fingerprint density at radius 3 is 2.15 bits per heavy atom. The second kappa shape index (κ2) is 11.8. The van der Waals surface area contributed by atoms with Crippen LogP contribution >= 0.6 is 0 Å². The topological polar surface area (TPSA) is 43.8 Å². The molecular formula is C36H62N2O2. The Labute approximate surface area is 246 Å². The highest BCUT2D eigenvalue weighted by molar-refractivity contribution is 5.77.